The molecule has 29 heavy (non-hydrogen) atoms. The van der Waals surface area contributed by atoms with E-state index in [1.165, 1.54) is 0 Å². The van der Waals surface area contributed by atoms with Crippen molar-refractivity contribution in [3.05, 3.63) is 53.7 Å². The van der Waals surface area contributed by atoms with Crippen LogP contribution in [0.1, 0.15) is 11.1 Å². The van der Waals surface area contributed by atoms with Crippen LogP contribution >= 0.6 is 0 Å². The molecule has 2 atom stereocenters. The Morgan fingerprint density at radius 2 is 1.76 bits per heavy atom. The molecule has 2 aromatic rings. The standard InChI is InChI=1S/C22H23N3O4/c26-16-24-19-6-3-17(4-7-19)1-2-18-5-8-22(23-13-18)29-10-9-25-14-20-21(15-25)28-12-11-27-20/h3-8,13,16,20-21H,9-12,14-15H2,(H,24,26). The first-order valence-electron chi connectivity index (χ1n) is 9.67. The largest absolute Gasteiger partial charge is 0.476 e. The number of hydrogen-bond acceptors (Lipinski definition) is 6. The summed E-state index contributed by atoms with van der Waals surface area (Å²) >= 11 is 0. The SMILES string of the molecule is O=CNc1ccc(C#Cc2ccc(OCCN3CC4OCCOC4C3)nc2)cc1. The number of fused-ring (bicyclic) bond motifs is 1. The number of hydrogen-bond donors (Lipinski definition) is 1. The Bertz CT molecular complexity index is 860. The Morgan fingerprint density at radius 1 is 1.07 bits per heavy atom. The molecule has 4 rings (SSSR count). The summed E-state index contributed by atoms with van der Waals surface area (Å²) < 4.78 is 17.2. The molecule has 0 bridgehead atoms. The Morgan fingerprint density at radius 3 is 2.41 bits per heavy atom. The van der Waals surface area contributed by atoms with Gasteiger partial charge in [0.25, 0.3) is 0 Å². The number of benzene rings is 1. The summed E-state index contributed by atoms with van der Waals surface area (Å²) in [7, 11) is 0. The normalized spacial score (nSPS) is 21.0. The van der Waals surface area contributed by atoms with E-state index in [1.54, 1.807) is 18.3 Å². The summed E-state index contributed by atoms with van der Waals surface area (Å²) in [4.78, 5) is 17.0. The smallest absolute Gasteiger partial charge is 0.213 e. The fraction of sp³-hybridized carbons (Fsp3) is 0.364. The lowest BCUT2D eigenvalue weighted by molar-refractivity contribution is -0.116. The minimum Gasteiger partial charge on any atom is -0.476 e. The molecule has 7 heteroatoms. The molecule has 1 N–H and O–H groups in total. The Kier molecular flexibility index (Phi) is 6.37. The number of amides is 1. The maximum Gasteiger partial charge on any atom is 0.213 e. The molecule has 7 nitrogen and oxygen atoms in total. The first-order chi connectivity index (χ1) is 14.3. The number of anilines is 1. The van der Waals surface area contributed by atoms with Crippen LogP contribution in [0.4, 0.5) is 5.69 Å². The van der Waals surface area contributed by atoms with E-state index in [-0.39, 0.29) is 12.2 Å². The van der Waals surface area contributed by atoms with Crippen LogP contribution in [0.2, 0.25) is 0 Å². The number of likely N-dealkylation sites (tertiary alicyclic amines) is 1. The molecule has 2 saturated heterocycles. The maximum absolute atomic E-state index is 10.4. The van der Waals surface area contributed by atoms with Gasteiger partial charge in [-0.15, -0.1) is 0 Å². The van der Waals surface area contributed by atoms with Gasteiger partial charge in [-0.05, 0) is 30.3 Å². The Balaban J connectivity index is 1.24. The predicted octanol–water partition coefficient (Wildman–Crippen LogP) is 1.53. The quantitative estimate of drug-likeness (QED) is 0.593. The van der Waals surface area contributed by atoms with Crippen molar-refractivity contribution in [1.82, 2.24) is 9.88 Å². The molecule has 2 unspecified atom stereocenters. The molecule has 0 radical (unpaired) electrons. The van der Waals surface area contributed by atoms with Crippen molar-refractivity contribution in [1.29, 1.82) is 0 Å². The van der Waals surface area contributed by atoms with Gasteiger partial charge in [0, 0.05) is 48.7 Å². The van der Waals surface area contributed by atoms with E-state index in [2.05, 4.69) is 27.0 Å². The summed E-state index contributed by atoms with van der Waals surface area (Å²) in [6.07, 6.45) is 2.74. The van der Waals surface area contributed by atoms with Gasteiger partial charge in [-0.3, -0.25) is 9.69 Å². The summed E-state index contributed by atoms with van der Waals surface area (Å²) in [5, 5.41) is 2.59. The van der Waals surface area contributed by atoms with Gasteiger partial charge in [-0.25, -0.2) is 4.98 Å². The number of ether oxygens (including phenoxy) is 3. The molecule has 0 aliphatic carbocycles. The van der Waals surface area contributed by atoms with Crippen LogP contribution in [0.5, 0.6) is 5.88 Å². The van der Waals surface area contributed by atoms with Gasteiger partial charge in [0.2, 0.25) is 12.3 Å². The third-order valence-electron chi connectivity index (χ3n) is 4.89. The third-order valence-corrected chi connectivity index (χ3v) is 4.89. The third kappa shape index (κ3) is 5.33. The lowest BCUT2D eigenvalue weighted by Crippen LogP contribution is -2.36. The summed E-state index contributed by atoms with van der Waals surface area (Å²) in [6, 6.07) is 11.0. The summed E-state index contributed by atoms with van der Waals surface area (Å²) in [5.41, 5.74) is 2.41. The second-order valence-electron chi connectivity index (χ2n) is 6.90. The van der Waals surface area contributed by atoms with Gasteiger partial charge in [0.15, 0.2) is 0 Å². The number of carbonyl (C=O) groups excluding carboxylic acids is 1. The lowest BCUT2D eigenvalue weighted by Gasteiger charge is -2.24. The second kappa shape index (κ2) is 9.52. The fourth-order valence-corrected chi connectivity index (χ4v) is 3.40. The van der Waals surface area contributed by atoms with Crippen LogP contribution in [-0.2, 0) is 14.3 Å². The number of rotatable bonds is 6. The Hall–Kier alpha value is -2.92. The highest BCUT2D eigenvalue weighted by Crippen LogP contribution is 2.19. The van der Waals surface area contributed by atoms with E-state index in [4.69, 9.17) is 14.2 Å². The number of pyridine rings is 1. The van der Waals surface area contributed by atoms with Crippen molar-refractivity contribution >= 4 is 12.1 Å². The molecule has 3 heterocycles. The van der Waals surface area contributed by atoms with E-state index in [0.29, 0.717) is 32.1 Å². The molecule has 2 fully saturated rings. The van der Waals surface area contributed by atoms with Crippen LogP contribution in [0.3, 0.4) is 0 Å². The number of nitrogens with one attached hydrogen (secondary N) is 1. The highest BCUT2D eigenvalue weighted by atomic mass is 16.6. The predicted molar refractivity (Wildman–Crippen MR) is 108 cm³/mol. The first kappa shape index (κ1) is 19.4. The molecular weight excluding hydrogens is 370 g/mol. The molecular formula is C22H23N3O4. The summed E-state index contributed by atoms with van der Waals surface area (Å²) in [6.45, 7) is 4.54. The van der Waals surface area contributed by atoms with Gasteiger partial charge in [0.1, 0.15) is 6.61 Å². The maximum atomic E-state index is 10.4. The van der Waals surface area contributed by atoms with Crippen LogP contribution in [-0.4, -0.2) is 68.0 Å². The minimum atomic E-state index is 0.192. The number of aromatic nitrogens is 1. The van der Waals surface area contributed by atoms with Gasteiger partial charge in [-0.1, -0.05) is 11.8 Å². The van der Waals surface area contributed by atoms with Crippen LogP contribution < -0.4 is 10.1 Å². The average molecular weight is 393 g/mol. The highest BCUT2D eigenvalue weighted by molar-refractivity contribution is 5.71. The number of carbonyl (C=O) groups is 1. The van der Waals surface area contributed by atoms with Crippen LogP contribution in [0.15, 0.2) is 42.6 Å². The van der Waals surface area contributed by atoms with Crippen molar-refractivity contribution in [3.63, 3.8) is 0 Å². The molecule has 2 aliphatic rings. The van der Waals surface area contributed by atoms with E-state index >= 15 is 0 Å². The fourth-order valence-electron chi connectivity index (χ4n) is 3.40. The molecule has 0 spiro atoms. The topological polar surface area (TPSA) is 72.9 Å². The van der Waals surface area contributed by atoms with E-state index in [0.717, 1.165) is 36.4 Å². The zero-order valence-corrected chi connectivity index (χ0v) is 16.0. The second-order valence-corrected chi connectivity index (χ2v) is 6.90. The van der Waals surface area contributed by atoms with Crippen molar-refractivity contribution in [2.75, 3.05) is 44.8 Å². The number of nitrogens with zero attached hydrogens (tertiary/aromatic N) is 2. The Labute approximate surface area is 170 Å². The molecule has 0 saturated carbocycles. The molecule has 1 aromatic carbocycles. The van der Waals surface area contributed by atoms with Crippen LogP contribution in [0, 0.1) is 11.8 Å². The first-order valence-corrected chi connectivity index (χ1v) is 9.67. The van der Waals surface area contributed by atoms with Crippen molar-refractivity contribution < 1.29 is 19.0 Å². The van der Waals surface area contributed by atoms with E-state index in [1.807, 2.05) is 24.3 Å². The monoisotopic (exact) mass is 393 g/mol. The van der Waals surface area contributed by atoms with Gasteiger partial charge < -0.3 is 19.5 Å². The molecule has 1 amide bonds. The van der Waals surface area contributed by atoms with Gasteiger partial charge >= 0.3 is 0 Å². The summed E-state index contributed by atoms with van der Waals surface area (Å²) in [5.74, 6) is 6.74. The van der Waals surface area contributed by atoms with Crippen molar-refractivity contribution in [3.8, 4) is 17.7 Å². The van der Waals surface area contributed by atoms with Crippen molar-refractivity contribution in [2.24, 2.45) is 0 Å². The molecule has 1 aromatic heterocycles. The van der Waals surface area contributed by atoms with E-state index < -0.39 is 0 Å². The highest BCUT2D eigenvalue weighted by Gasteiger charge is 2.36. The zero-order chi connectivity index (χ0) is 19.9. The lowest BCUT2D eigenvalue weighted by atomic mass is 10.2. The van der Waals surface area contributed by atoms with Crippen LogP contribution in [0.25, 0.3) is 0 Å². The minimum absolute atomic E-state index is 0.192. The van der Waals surface area contributed by atoms with Gasteiger partial charge in [0.05, 0.1) is 25.4 Å². The zero-order valence-electron chi connectivity index (χ0n) is 16.0. The molecule has 2 aliphatic heterocycles. The average Bonchev–Trinajstić information content (AvgIpc) is 3.17. The van der Waals surface area contributed by atoms with E-state index in [9.17, 15) is 4.79 Å². The molecule has 150 valence electrons. The van der Waals surface area contributed by atoms with Crippen molar-refractivity contribution in [2.45, 2.75) is 12.2 Å². The van der Waals surface area contributed by atoms with Gasteiger partial charge in [-0.2, -0.15) is 0 Å².